The van der Waals surface area contributed by atoms with Crippen molar-refractivity contribution in [2.24, 2.45) is 11.7 Å². The van der Waals surface area contributed by atoms with Crippen molar-refractivity contribution in [1.82, 2.24) is 0 Å². The summed E-state index contributed by atoms with van der Waals surface area (Å²) in [5, 5.41) is 10.9. The van der Waals surface area contributed by atoms with Gasteiger partial charge in [0.05, 0.1) is 0 Å². The molecule has 3 atom stereocenters. The van der Waals surface area contributed by atoms with Gasteiger partial charge in [-0.15, -0.1) is 0 Å². The number of hydrogen-bond acceptors (Lipinski definition) is 4. The quantitative estimate of drug-likeness (QED) is 0.372. The molecule has 188 valence electrons. The van der Waals surface area contributed by atoms with Gasteiger partial charge in [-0.3, -0.25) is 0 Å². The number of benzene rings is 2. The molecule has 34 heavy (non-hydrogen) atoms. The van der Waals surface area contributed by atoms with Gasteiger partial charge in [-0.05, 0) is 87.2 Å². The highest BCUT2D eigenvalue weighted by atomic mass is 16.8. The first-order valence-corrected chi connectivity index (χ1v) is 13.0. The van der Waals surface area contributed by atoms with Gasteiger partial charge in [0.1, 0.15) is 17.6 Å². The Labute approximate surface area is 206 Å². The van der Waals surface area contributed by atoms with Gasteiger partial charge in [-0.2, -0.15) is 0 Å². The third-order valence-corrected chi connectivity index (χ3v) is 7.00. The molecule has 2 aromatic carbocycles. The van der Waals surface area contributed by atoms with Crippen LogP contribution >= 0.6 is 0 Å². The van der Waals surface area contributed by atoms with Gasteiger partial charge in [0.2, 0.25) is 6.29 Å². The Hall–Kier alpha value is -2.04. The molecular formula is C30H45NO3. The molecule has 4 nitrogen and oxygen atoms in total. The van der Waals surface area contributed by atoms with E-state index in [1.807, 2.05) is 0 Å². The Balaban J connectivity index is 2.11. The van der Waals surface area contributed by atoms with Gasteiger partial charge in [0.25, 0.3) is 0 Å². The summed E-state index contributed by atoms with van der Waals surface area (Å²) in [6.45, 7) is 21.6. The highest BCUT2D eigenvalue weighted by Gasteiger charge is 2.47. The average molecular weight is 468 g/mol. The van der Waals surface area contributed by atoms with Gasteiger partial charge in [-0.1, -0.05) is 69.2 Å². The lowest BCUT2D eigenvalue weighted by atomic mass is 9.86. The minimum absolute atomic E-state index is 0.0322. The van der Waals surface area contributed by atoms with Crippen LogP contribution in [0.25, 0.3) is 11.1 Å². The molecule has 4 heteroatoms. The van der Waals surface area contributed by atoms with Crippen LogP contribution in [-0.2, 0) is 4.74 Å². The summed E-state index contributed by atoms with van der Waals surface area (Å²) < 4.78 is 12.3. The number of rotatable bonds is 9. The van der Waals surface area contributed by atoms with Crippen molar-refractivity contribution < 1.29 is 14.6 Å². The molecule has 0 bridgehead atoms. The molecule has 3 rings (SSSR count). The lowest BCUT2D eigenvalue weighted by molar-refractivity contribution is 0.174. The minimum Gasteiger partial charge on any atom is -0.507 e. The normalized spacial score (nSPS) is 19.1. The van der Waals surface area contributed by atoms with E-state index in [0.717, 1.165) is 28.0 Å². The standard InChI is InChI=1S/C30H45NO3/c1-15(2)22-11-20(12-23(16(3)4)27(22)32)21-13-24(17(5)6)28(25(14-21)18(7)8)33-30-29(34-30)26(31)19(9)10/h11-19,26,29-30,32H,31H2,1-10H3. The van der Waals surface area contributed by atoms with Crippen molar-refractivity contribution in [3.8, 4) is 22.6 Å². The number of nitrogens with two attached hydrogens (primary N) is 1. The van der Waals surface area contributed by atoms with Crippen molar-refractivity contribution in [3.05, 3.63) is 46.5 Å². The largest absolute Gasteiger partial charge is 0.507 e. The van der Waals surface area contributed by atoms with E-state index in [9.17, 15) is 5.11 Å². The van der Waals surface area contributed by atoms with E-state index in [2.05, 4.69) is 93.5 Å². The van der Waals surface area contributed by atoms with E-state index in [1.54, 1.807) is 0 Å². The smallest absolute Gasteiger partial charge is 0.228 e. The third kappa shape index (κ3) is 5.44. The first-order chi connectivity index (χ1) is 15.8. The van der Waals surface area contributed by atoms with Crippen molar-refractivity contribution in [1.29, 1.82) is 0 Å². The van der Waals surface area contributed by atoms with Gasteiger partial charge >= 0.3 is 0 Å². The summed E-state index contributed by atoms with van der Waals surface area (Å²) >= 11 is 0. The first-order valence-electron chi connectivity index (χ1n) is 13.0. The molecule has 1 saturated heterocycles. The summed E-state index contributed by atoms with van der Waals surface area (Å²) in [6.07, 6.45) is -0.342. The molecule has 0 aliphatic carbocycles. The molecule has 0 amide bonds. The monoisotopic (exact) mass is 467 g/mol. The summed E-state index contributed by atoms with van der Waals surface area (Å²) in [6, 6.07) is 8.78. The topological polar surface area (TPSA) is 68.0 Å². The lowest BCUT2D eigenvalue weighted by Gasteiger charge is -2.23. The van der Waals surface area contributed by atoms with Crippen molar-refractivity contribution in [2.75, 3.05) is 0 Å². The van der Waals surface area contributed by atoms with E-state index in [1.165, 1.54) is 11.1 Å². The highest BCUT2D eigenvalue weighted by Crippen LogP contribution is 2.44. The fourth-order valence-corrected chi connectivity index (χ4v) is 4.53. The van der Waals surface area contributed by atoms with Crippen LogP contribution < -0.4 is 10.5 Å². The van der Waals surface area contributed by atoms with Crippen LogP contribution in [0.4, 0.5) is 0 Å². The molecule has 0 radical (unpaired) electrons. The Morgan fingerprint density at radius 1 is 0.706 bits per heavy atom. The molecule has 1 aliphatic heterocycles. The Morgan fingerprint density at radius 2 is 1.09 bits per heavy atom. The van der Waals surface area contributed by atoms with Crippen molar-refractivity contribution in [2.45, 2.75) is 111 Å². The molecule has 2 aromatic rings. The zero-order chi connectivity index (χ0) is 25.5. The number of phenolic OH excluding ortho intramolecular Hbond substituents is 1. The van der Waals surface area contributed by atoms with Gasteiger partial charge < -0.3 is 20.3 Å². The second kappa shape index (κ2) is 10.3. The van der Waals surface area contributed by atoms with Gasteiger partial charge in [0, 0.05) is 6.04 Å². The maximum atomic E-state index is 10.9. The second-order valence-corrected chi connectivity index (χ2v) is 11.5. The Morgan fingerprint density at radius 3 is 1.44 bits per heavy atom. The number of epoxide rings is 1. The minimum atomic E-state index is -0.285. The average Bonchev–Trinajstić information content (AvgIpc) is 3.51. The zero-order valence-corrected chi connectivity index (χ0v) is 22.8. The van der Waals surface area contributed by atoms with Crippen LogP contribution in [0.5, 0.6) is 11.5 Å². The maximum absolute atomic E-state index is 10.9. The van der Waals surface area contributed by atoms with E-state index >= 15 is 0 Å². The molecular weight excluding hydrogens is 422 g/mol. The van der Waals surface area contributed by atoms with Crippen LogP contribution in [-0.4, -0.2) is 23.5 Å². The lowest BCUT2D eigenvalue weighted by Crippen LogP contribution is -2.34. The number of phenols is 1. The summed E-state index contributed by atoms with van der Waals surface area (Å²) in [5.74, 6) is 2.76. The van der Waals surface area contributed by atoms with Crippen LogP contribution in [0.15, 0.2) is 24.3 Å². The number of hydrogen-bond donors (Lipinski definition) is 2. The summed E-state index contributed by atoms with van der Waals surface area (Å²) in [4.78, 5) is 0. The molecule has 1 fully saturated rings. The molecule has 0 aromatic heterocycles. The van der Waals surface area contributed by atoms with Crippen LogP contribution in [0.1, 0.15) is 115 Å². The number of aromatic hydroxyl groups is 1. The molecule has 1 aliphatic rings. The highest BCUT2D eigenvalue weighted by molar-refractivity contribution is 5.72. The summed E-state index contributed by atoms with van der Waals surface area (Å²) in [7, 11) is 0. The predicted molar refractivity (Wildman–Crippen MR) is 142 cm³/mol. The maximum Gasteiger partial charge on any atom is 0.228 e. The van der Waals surface area contributed by atoms with Crippen LogP contribution in [0, 0.1) is 5.92 Å². The molecule has 0 saturated carbocycles. The fraction of sp³-hybridized carbons (Fsp3) is 0.600. The van der Waals surface area contributed by atoms with Crippen molar-refractivity contribution in [3.63, 3.8) is 0 Å². The van der Waals surface area contributed by atoms with Gasteiger partial charge in [0.15, 0.2) is 0 Å². The first kappa shape index (κ1) is 26.6. The van der Waals surface area contributed by atoms with E-state index in [4.69, 9.17) is 15.2 Å². The molecule has 0 spiro atoms. The second-order valence-electron chi connectivity index (χ2n) is 11.5. The van der Waals surface area contributed by atoms with Crippen LogP contribution in [0.2, 0.25) is 0 Å². The Bertz CT molecular complexity index is 948. The van der Waals surface area contributed by atoms with Crippen LogP contribution in [0.3, 0.4) is 0 Å². The molecule has 3 unspecified atom stereocenters. The molecule has 3 N–H and O–H groups in total. The predicted octanol–water partition coefficient (Wildman–Crippen LogP) is 7.64. The van der Waals surface area contributed by atoms with E-state index in [0.29, 0.717) is 11.7 Å². The van der Waals surface area contributed by atoms with Gasteiger partial charge in [-0.25, -0.2) is 0 Å². The van der Waals surface area contributed by atoms with Crippen molar-refractivity contribution >= 4 is 0 Å². The summed E-state index contributed by atoms with van der Waals surface area (Å²) in [5.41, 5.74) is 13.0. The fourth-order valence-electron chi connectivity index (χ4n) is 4.53. The SMILES string of the molecule is CC(C)c1cc(-c2cc(C(C)C)c(OC3OC3C(N)C(C)C)c(C(C)C)c2)cc(C(C)C)c1O. The third-order valence-electron chi connectivity index (χ3n) is 7.00. The van der Waals surface area contributed by atoms with E-state index < -0.39 is 0 Å². The number of ether oxygens (including phenoxy) is 2. The Kier molecular flexibility index (Phi) is 8.04. The molecule has 1 heterocycles. The van der Waals surface area contributed by atoms with E-state index in [-0.39, 0.29) is 42.1 Å². The zero-order valence-electron chi connectivity index (χ0n) is 22.8.